The van der Waals surface area contributed by atoms with Gasteiger partial charge in [0.1, 0.15) is 5.15 Å². The monoisotopic (exact) mass is 395 g/mol. The number of halogens is 2. The van der Waals surface area contributed by atoms with Crippen LogP contribution in [0, 0.1) is 6.92 Å². The third-order valence-corrected chi connectivity index (χ3v) is 4.46. The van der Waals surface area contributed by atoms with E-state index in [-0.39, 0.29) is 5.91 Å². The van der Waals surface area contributed by atoms with E-state index in [1.54, 1.807) is 10.8 Å². The van der Waals surface area contributed by atoms with Crippen LogP contribution in [0.25, 0.3) is 6.08 Å². The van der Waals surface area contributed by atoms with Crippen molar-refractivity contribution < 1.29 is 4.79 Å². The minimum Gasteiger partial charge on any atom is -0.321 e. The number of carbonyl (C=O) groups is 1. The first-order valence-corrected chi connectivity index (χ1v) is 8.66. The molecule has 6 heteroatoms. The van der Waals surface area contributed by atoms with Crippen LogP contribution in [0.4, 0.5) is 5.69 Å². The number of para-hydroxylation sites is 1. The fraction of sp³-hybridized carbons (Fsp3) is 0.294. The van der Waals surface area contributed by atoms with E-state index in [0.717, 1.165) is 40.8 Å². The molecular formula is C17H19BrClN3O. The lowest BCUT2D eigenvalue weighted by atomic mass is 10.2. The Balaban J connectivity index is 2.09. The number of unbranched alkanes of at least 4 members (excludes halogenated alkanes) is 1. The molecule has 0 atom stereocenters. The second-order valence-corrected chi connectivity index (χ2v) is 6.38. The maximum atomic E-state index is 12.1. The Morgan fingerprint density at radius 3 is 2.87 bits per heavy atom. The lowest BCUT2D eigenvalue weighted by Crippen LogP contribution is -2.08. The third kappa shape index (κ3) is 4.69. The van der Waals surface area contributed by atoms with Crippen LogP contribution in [-0.2, 0) is 11.3 Å². The fourth-order valence-electron chi connectivity index (χ4n) is 2.11. The van der Waals surface area contributed by atoms with E-state index in [0.29, 0.717) is 5.15 Å². The van der Waals surface area contributed by atoms with Gasteiger partial charge in [-0.2, -0.15) is 5.10 Å². The van der Waals surface area contributed by atoms with Gasteiger partial charge in [-0.1, -0.05) is 37.1 Å². The molecule has 1 amide bonds. The van der Waals surface area contributed by atoms with Gasteiger partial charge in [-0.05, 0) is 47.5 Å². The lowest BCUT2D eigenvalue weighted by molar-refractivity contribution is -0.111. The molecule has 1 N–H and O–H groups in total. The van der Waals surface area contributed by atoms with Gasteiger partial charge in [-0.3, -0.25) is 9.48 Å². The van der Waals surface area contributed by atoms with Gasteiger partial charge >= 0.3 is 0 Å². The number of nitrogens with one attached hydrogen (secondary N) is 1. The predicted octanol–water partition coefficient (Wildman–Crippen LogP) is 5.06. The first-order chi connectivity index (χ1) is 11.0. The molecule has 0 bridgehead atoms. The van der Waals surface area contributed by atoms with Crippen LogP contribution >= 0.6 is 27.5 Å². The molecular weight excluding hydrogens is 378 g/mol. The van der Waals surface area contributed by atoms with Crippen molar-refractivity contribution in [3.8, 4) is 0 Å². The molecule has 0 fully saturated rings. The summed E-state index contributed by atoms with van der Waals surface area (Å²) < 4.78 is 2.62. The molecule has 0 aliphatic heterocycles. The average molecular weight is 397 g/mol. The molecule has 1 heterocycles. The van der Waals surface area contributed by atoms with E-state index < -0.39 is 0 Å². The van der Waals surface area contributed by atoms with Crippen molar-refractivity contribution >= 4 is 45.2 Å². The second-order valence-electron chi connectivity index (χ2n) is 5.17. The lowest BCUT2D eigenvalue weighted by Gasteiger charge is -2.04. The fourth-order valence-corrected chi connectivity index (χ4v) is 2.81. The zero-order chi connectivity index (χ0) is 16.8. The summed E-state index contributed by atoms with van der Waals surface area (Å²) in [6.45, 7) is 4.80. The zero-order valence-corrected chi connectivity index (χ0v) is 15.5. The van der Waals surface area contributed by atoms with E-state index in [2.05, 4.69) is 33.3 Å². The van der Waals surface area contributed by atoms with Crippen molar-refractivity contribution in [2.24, 2.45) is 0 Å². The minimum absolute atomic E-state index is 0.214. The van der Waals surface area contributed by atoms with Crippen LogP contribution in [0.3, 0.4) is 0 Å². The average Bonchev–Trinajstić information content (AvgIpc) is 2.79. The maximum absolute atomic E-state index is 12.1. The number of amides is 1. The Kier molecular flexibility index (Phi) is 6.42. The topological polar surface area (TPSA) is 46.9 Å². The van der Waals surface area contributed by atoms with Gasteiger partial charge in [0.25, 0.3) is 0 Å². The van der Waals surface area contributed by atoms with E-state index in [1.807, 2.05) is 31.2 Å². The summed E-state index contributed by atoms with van der Waals surface area (Å²) in [5.41, 5.74) is 2.32. The Hall–Kier alpha value is -1.59. The summed E-state index contributed by atoms with van der Waals surface area (Å²) in [6, 6.07) is 7.46. The Labute approximate surface area is 149 Å². The molecule has 23 heavy (non-hydrogen) atoms. The van der Waals surface area contributed by atoms with E-state index in [9.17, 15) is 4.79 Å². The molecule has 1 aromatic carbocycles. The molecule has 0 aliphatic rings. The summed E-state index contributed by atoms with van der Waals surface area (Å²) in [4.78, 5) is 12.1. The van der Waals surface area contributed by atoms with Crippen molar-refractivity contribution in [3.05, 3.63) is 51.2 Å². The van der Waals surface area contributed by atoms with E-state index >= 15 is 0 Å². The third-order valence-electron chi connectivity index (χ3n) is 3.37. The minimum atomic E-state index is -0.214. The molecule has 0 spiro atoms. The van der Waals surface area contributed by atoms with Crippen molar-refractivity contribution in [2.45, 2.75) is 33.2 Å². The Bertz CT molecular complexity index is 725. The highest BCUT2D eigenvalue weighted by Gasteiger charge is 2.11. The quantitative estimate of drug-likeness (QED) is 0.694. The molecule has 0 aliphatic carbocycles. The van der Waals surface area contributed by atoms with Crippen molar-refractivity contribution in [2.75, 3.05) is 5.32 Å². The van der Waals surface area contributed by atoms with Gasteiger partial charge in [-0.25, -0.2) is 0 Å². The number of rotatable bonds is 6. The highest BCUT2D eigenvalue weighted by atomic mass is 79.9. The molecule has 2 rings (SSSR count). The Morgan fingerprint density at radius 1 is 1.43 bits per heavy atom. The van der Waals surface area contributed by atoms with Crippen LogP contribution in [0.2, 0.25) is 5.15 Å². The molecule has 122 valence electrons. The normalized spacial score (nSPS) is 11.1. The standard InChI is InChI=1S/C17H19BrClN3O/c1-3-4-11-22-17(19)13(12(2)21-22)9-10-16(23)20-15-8-6-5-7-14(15)18/h5-10H,3-4,11H2,1-2H3,(H,20,23)/b10-9+. The van der Waals surface area contributed by atoms with Crippen molar-refractivity contribution in [1.29, 1.82) is 0 Å². The number of aryl methyl sites for hydroxylation is 2. The number of hydrogen-bond acceptors (Lipinski definition) is 2. The first-order valence-electron chi connectivity index (χ1n) is 7.49. The van der Waals surface area contributed by atoms with Crippen LogP contribution in [0.5, 0.6) is 0 Å². The molecule has 1 aromatic heterocycles. The number of nitrogens with zero attached hydrogens (tertiary/aromatic N) is 2. The smallest absolute Gasteiger partial charge is 0.248 e. The van der Waals surface area contributed by atoms with E-state index in [1.165, 1.54) is 6.08 Å². The number of aromatic nitrogens is 2. The van der Waals surface area contributed by atoms with Gasteiger partial charge in [-0.15, -0.1) is 0 Å². The summed E-state index contributed by atoms with van der Waals surface area (Å²) in [5, 5.41) is 7.81. The van der Waals surface area contributed by atoms with Crippen LogP contribution in [0.15, 0.2) is 34.8 Å². The number of anilines is 1. The van der Waals surface area contributed by atoms with Gasteiger partial charge in [0.05, 0.1) is 11.4 Å². The highest BCUT2D eigenvalue weighted by molar-refractivity contribution is 9.10. The van der Waals surface area contributed by atoms with Gasteiger partial charge in [0, 0.05) is 22.7 Å². The van der Waals surface area contributed by atoms with Crippen LogP contribution in [-0.4, -0.2) is 15.7 Å². The summed E-state index contributed by atoms with van der Waals surface area (Å²) in [7, 11) is 0. The van der Waals surface area contributed by atoms with Gasteiger partial charge < -0.3 is 5.32 Å². The zero-order valence-electron chi connectivity index (χ0n) is 13.1. The number of benzene rings is 1. The molecule has 0 saturated heterocycles. The van der Waals surface area contributed by atoms with Gasteiger partial charge in [0.15, 0.2) is 0 Å². The molecule has 0 saturated carbocycles. The second kappa shape index (κ2) is 8.31. The maximum Gasteiger partial charge on any atom is 0.248 e. The van der Waals surface area contributed by atoms with Crippen molar-refractivity contribution in [3.63, 3.8) is 0 Å². The largest absolute Gasteiger partial charge is 0.321 e. The van der Waals surface area contributed by atoms with E-state index in [4.69, 9.17) is 11.6 Å². The number of hydrogen-bond donors (Lipinski definition) is 1. The van der Waals surface area contributed by atoms with Gasteiger partial charge in [0.2, 0.25) is 5.91 Å². The summed E-state index contributed by atoms with van der Waals surface area (Å²) in [5.74, 6) is -0.214. The summed E-state index contributed by atoms with van der Waals surface area (Å²) in [6.07, 6.45) is 5.28. The highest BCUT2D eigenvalue weighted by Crippen LogP contribution is 2.23. The number of carbonyl (C=O) groups excluding carboxylic acids is 1. The molecule has 4 nitrogen and oxygen atoms in total. The van der Waals surface area contributed by atoms with Crippen LogP contribution < -0.4 is 5.32 Å². The SMILES string of the molecule is CCCCn1nc(C)c(/C=C/C(=O)Nc2ccccc2Br)c1Cl. The first kappa shape index (κ1) is 17.8. The predicted molar refractivity (Wildman–Crippen MR) is 98.7 cm³/mol. The molecule has 0 radical (unpaired) electrons. The molecule has 0 unspecified atom stereocenters. The summed E-state index contributed by atoms with van der Waals surface area (Å²) >= 11 is 9.74. The Morgan fingerprint density at radius 2 is 2.17 bits per heavy atom. The van der Waals surface area contributed by atoms with Crippen LogP contribution in [0.1, 0.15) is 31.0 Å². The van der Waals surface area contributed by atoms with Crippen molar-refractivity contribution in [1.82, 2.24) is 9.78 Å². The molecule has 2 aromatic rings.